The van der Waals surface area contributed by atoms with Crippen LogP contribution in [0, 0.1) is 13.8 Å². The molecule has 0 atom stereocenters. The summed E-state index contributed by atoms with van der Waals surface area (Å²) in [7, 11) is 0. The van der Waals surface area contributed by atoms with Crippen molar-refractivity contribution in [2.45, 2.75) is 20.8 Å². The summed E-state index contributed by atoms with van der Waals surface area (Å²) in [5.41, 5.74) is 8.90. The Hall–Kier alpha value is -3.20. The summed E-state index contributed by atoms with van der Waals surface area (Å²) < 4.78 is 7.65. The smallest absolute Gasteiger partial charge is 0.218 e. The van der Waals surface area contributed by atoms with E-state index < -0.39 is 0 Å². The Bertz CT molecular complexity index is 1050. The second-order valence-corrected chi connectivity index (χ2v) is 6.75. The average molecular weight is 459 g/mol. The molecule has 0 fully saturated rings. The van der Waals surface area contributed by atoms with Crippen LogP contribution in [0.5, 0.6) is 0 Å². The SMILES string of the molecule is CCNC=O.Cc1cc(N)n2nc(-c3ccc(Br)o3)nc2c1.Cc1ccncc1. The van der Waals surface area contributed by atoms with Gasteiger partial charge in [-0.25, -0.2) is 4.98 Å². The lowest BCUT2D eigenvalue weighted by molar-refractivity contribution is -0.109. The number of hydrogen-bond donors (Lipinski definition) is 2. The number of halogens is 1. The van der Waals surface area contributed by atoms with Gasteiger partial charge in [0.05, 0.1) is 0 Å². The summed E-state index contributed by atoms with van der Waals surface area (Å²) >= 11 is 3.25. The predicted molar refractivity (Wildman–Crippen MR) is 116 cm³/mol. The van der Waals surface area contributed by atoms with Crippen molar-refractivity contribution >= 4 is 33.8 Å². The van der Waals surface area contributed by atoms with Gasteiger partial charge in [-0.2, -0.15) is 4.52 Å². The highest BCUT2D eigenvalue weighted by Gasteiger charge is 2.11. The molecule has 0 aliphatic rings. The number of rotatable bonds is 3. The number of anilines is 1. The van der Waals surface area contributed by atoms with Gasteiger partial charge in [0.1, 0.15) is 5.82 Å². The molecule has 4 aromatic heterocycles. The predicted octanol–water partition coefficient (Wildman–Crippen LogP) is 3.78. The first-order valence-corrected chi connectivity index (χ1v) is 9.66. The lowest BCUT2D eigenvalue weighted by Crippen LogP contribution is -2.07. The van der Waals surface area contributed by atoms with Crippen LogP contribution in [0.15, 0.2) is 57.9 Å². The van der Waals surface area contributed by atoms with Gasteiger partial charge < -0.3 is 15.5 Å². The number of aryl methyl sites for hydroxylation is 2. The number of furan rings is 1. The van der Waals surface area contributed by atoms with Crippen molar-refractivity contribution in [3.63, 3.8) is 0 Å². The van der Waals surface area contributed by atoms with E-state index in [0.29, 0.717) is 34.1 Å². The van der Waals surface area contributed by atoms with E-state index >= 15 is 0 Å². The third kappa shape index (κ3) is 6.72. The molecule has 0 radical (unpaired) electrons. The van der Waals surface area contributed by atoms with Crippen LogP contribution in [-0.4, -0.2) is 32.5 Å². The molecule has 4 rings (SSSR count). The standard InChI is InChI=1S/C11H9BrN4O.C6H7N.C3H7NO/c1-6-4-9(13)16-10(5-6)14-11(15-16)7-2-3-8(12)17-7;1-6-2-4-7-5-3-6;1-2-4-3-5/h2-5H,13H2,1H3;2-5H,1H3;3H,2H2,1H3,(H,4,5). The molecule has 8 nitrogen and oxygen atoms in total. The van der Waals surface area contributed by atoms with E-state index in [0.717, 1.165) is 12.1 Å². The number of nitrogens with two attached hydrogens (primary N) is 1. The zero-order valence-electron chi connectivity index (χ0n) is 16.5. The van der Waals surface area contributed by atoms with Crippen molar-refractivity contribution in [1.82, 2.24) is 24.9 Å². The quantitative estimate of drug-likeness (QED) is 0.451. The zero-order valence-corrected chi connectivity index (χ0v) is 18.0. The summed E-state index contributed by atoms with van der Waals surface area (Å²) in [5.74, 6) is 1.69. The Balaban J connectivity index is 0.000000207. The summed E-state index contributed by atoms with van der Waals surface area (Å²) in [6.45, 7) is 6.60. The molecule has 0 saturated heterocycles. The molecule has 0 aromatic carbocycles. The highest BCUT2D eigenvalue weighted by atomic mass is 79.9. The van der Waals surface area contributed by atoms with Crippen LogP contribution in [0.4, 0.5) is 5.82 Å². The molecule has 3 N–H and O–H groups in total. The number of nitrogens with one attached hydrogen (secondary N) is 1. The number of nitrogens with zero attached hydrogens (tertiary/aromatic N) is 4. The Morgan fingerprint density at radius 3 is 2.38 bits per heavy atom. The largest absolute Gasteiger partial charge is 0.446 e. The van der Waals surface area contributed by atoms with Crippen molar-refractivity contribution in [3.05, 3.63) is 64.6 Å². The highest BCUT2D eigenvalue weighted by molar-refractivity contribution is 9.10. The fourth-order valence-electron chi connectivity index (χ4n) is 2.20. The van der Waals surface area contributed by atoms with Gasteiger partial charge in [-0.05, 0) is 84.2 Å². The number of nitrogen functional groups attached to an aromatic ring is 1. The average Bonchev–Trinajstić information content (AvgIpc) is 3.30. The van der Waals surface area contributed by atoms with Gasteiger partial charge in [0, 0.05) is 18.9 Å². The number of hydrogen-bond acceptors (Lipinski definition) is 6. The van der Waals surface area contributed by atoms with Crippen molar-refractivity contribution in [3.8, 4) is 11.6 Å². The van der Waals surface area contributed by atoms with Crippen LogP contribution < -0.4 is 11.1 Å². The van der Waals surface area contributed by atoms with Crippen molar-refractivity contribution < 1.29 is 9.21 Å². The molecular formula is C20H23BrN6O2. The van der Waals surface area contributed by atoms with E-state index in [4.69, 9.17) is 10.2 Å². The summed E-state index contributed by atoms with van der Waals surface area (Å²) in [5, 5.41) is 6.73. The minimum Gasteiger partial charge on any atom is -0.446 e. The molecule has 0 aliphatic heterocycles. The van der Waals surface area contributed by atoms with E-state index in [9.17, 15) is 4.79 Å². The molecule has 0 unspecified atom stereocenters. The molecule has 0 spiro atoms. The monoisotopic (exact) mass is 458 g/mol. The van der Waals surface area contributed by atoms with E-state index in [1.807, 2.05) is 51.1 Å². The minimum atomic E-state index is 0.521. The van der Waals surface area contributed by atoms with Crippen molar-refractivity contribution in [2.24, 2.45) is 0 Å². The van der Waals surface area contributed by atoms with Gasteiger partial charge in [0.25, 0.3) is 0 Å². The molecular weight excluding hydrogens is 436 g/mol. The fraction of sp³-hybridized carbons (Fsp3) is 0.200. The maximum atomic E-state index is 9.29. The maximum Gasteiger partial charge on any atom is 0.218 e. The highest BCUT2D eigenvalue weighted by Crippen LogP contribution is 2.23. The van der Waals surface area contributed by atoms with Crippen molar-refractivity contribution in [1.29, 1.82) is 0 Å². The molecule has 4 aromatic rings. The van der Waals surface area contributed by atoms with Gasteiger partial charge in [-0.1, -0.05) is 0 Å². The lowest BCUT2D eigenvalue weighted by Gasteiger charge is -1.98. The summed E-state index contributed by atoms with van der Waals surface area (Å²) in [4.78, 5) is 17.5. The number of fused-ring (bicyclic) bond motifs is 1. The number of aromatic nitrogens is 4. The molecule has 9 heteroatoms. The number of carbonyl (C=O) groups is 1. The van der Waals surface area contributed by atoms with Crippen LogP contribution in [0.3, 0.4) is 0 Å². The zero-order chi connectivity index (χ0) is 21.2. The fourth-order valence-corrected chi connectivity index (χ4v) is 2.50. The molecule has 152 valence electrons. The summed E-state index contributed by atoms with van der Waals surface area (Å²) in [6, 6.07) is 11.3. The Morgan fingerprint density at radius 2 is 1.90 bits per heavy atom. The topological polar surface area (TPSA) is 111 Å². The van der Waals surface area contributed by atoms with E-state index in [1.165, 1.54) is 5.56 Å². The van der Waals surface area contributed by atoms with E-state index in [-0.39, 0.29) is 0 Å². The lowest BCUT2D eigenvalue weighted by atomic mass is 10.3. The molecule has 0 aliphatic carbocycles. The Kier molecular flexibility index (Phi) is 8.35. The Labute approximate surface area is 177 Å². The van der Waals surface area contributed by atoms with E-state index in [2.05, 4.69) is 36.3 Å². The first-order valence-electron chi connectivity index (χ1n) is 8.86. The van der Waals surface area contributed by atoms with Gasteiger partial charge >= 0.3 is 0 Å². The van der Waals surface area contributed by atoms with E-state index in [1.54, 1.807) is 23.0 Å². The second kappa shape index (κ2) is 11.0. The van der Waals surface area contributed by atoms with Gasteiger partial charge in [0.15, 0.2) is 16.1 Å². The Morgan fingerprint density at radius 1 is 1.17 bits per heavy atom. The first kappa shape index (κ1) is 22.1. The van der Waals surface area contributed by atoms with Gasteiger partial charge in [-0.15, -0.1) is 5.10 Å². The normalized spacial score (nSPS) is 9.79. The third-order valence-electron chi connectivity index (χ3n) is 3.54. The third-order valence-corrected chi connectivity index (χ3v) is 3.96. The van der Waals surface area contributed by atoms with Crippen LogP contribution in [-0.2, 0) is 4.79 Å². The molecule has 29 heavy (non-hydrogen) atoms. The van der Waals surface area contributed by atoms with Crippen LogP contribution in [0.25, 0.3) is 17.2 Å². The summed E-state index contributed by atoms with van der Waals surface area (Å²) in [6.07, 6.45) is 4.25. The first-order chi connectivity index (χ1) is 13.9. The second-order valence-electron chi connectivity index (χ2n) is 5.97. The minimum absolute atomic E-state index is 0.521. The maximum absolute atomic E-state index is 9.29. The molecule has 0 saturated carbocycles. The van der Waals surface area contributed by atoms with Crippen LogP contribution in [0.1, 0.15) is 18.1 Å². The number of amides is 1. The van der Waals surface area contributed by atoms with Crippen molar-refractivity contribution in [2.75, 3.05) is 12.3 Å². The number of carbonyl (C=O) groups excluding carboxylic acids is 1. The molecule has 0 bridgehead atoms. The molecule has 1 amide bonds. The van der Waals surface area contributed by atoms with Crippen LogP contribution >= 0.6 is 15.9 Å². The number of pyridine rings is 2. The van der Waals surface area contributed by atoms with Gasteiger partial charge in [0.2, 0.25) is 12.2 Å². The van der Waals surface area contributed by atoms with Crippen LogP contribution in [0.2, 0.25) is 0 Å². The molecule has 4 heterocycles. The van der Waals surface area contributed by atoms with Gasteiger partial charge in [-0.3, -0.25) is 9.78 Å².